The maximum absolute atomic E-state index is 6.24. The zero-order valence-corrected chi connectivity index (χ0v) is 12.6. The first-order valence-electron chi connectivity index (χ1n) is 7.07. The molecule has 2 heteroatoms. The second-order valence-corrected chi connectivity index (χ2v) is 5.85. The fourth-order valence-corrected chi connectivity index (χ4v) is 2.38. The van der Waals surface area contributed by atoms with Crippen molar-refractivity contribution in [3.63, 3.8) is 0 Å². The van der Waals surface area contributed by atoms with Gasteiger partial charge in [-0.1, -0.05) is 57.0 Å². The smallest absolute Gasteiger partial charge is 0.0438 e. The molecule has 0 radical (unpaired) electrons. The van der Waals surface area contributed by atoms with Crippen molar-refractivity contribution in [1.82, 2.24) is 5.32 Å². The van der Waals surface area contributed by atoms with E-state index < -0.39 is 0 Å². The Balaban J connectivity index is 2.56. The van der Waals surface area contributed by atoms with Crippen LogP contribution in [-0.4, -0.2) is 13.1 Å². The molecule has 0 aliphatic rings. The molecule has 0 aliphatic carbocycles. The predicted octanol–water partition coefficient (Wildman–Crippen LogP) is 4.54. The molecule has 0 aliphatic heterocycles. The van der Waals surface area contributed by atoms with Crippen LogP contribution in [0.4, 0.5) is 0 Å². The normalized spacial score (nSPS) is 12.9. The van der Waals surface area contributed by atoms with Gasteiger partial charge in [0.05, 0.1) is 0 Å². The number of hydrogen-bond acceptors (Lipinski definition) is 1. The van der Waals surface area contributed by atoms with Crippen molar-refractivity contribution in [3.8, 4) is 0 Å². The first-order chi connectivity index (χ1) is 8.63. The molecule has 102 valence electrons. The highest BCUT2D eigenvalue weighted by molar-refractivity contribution is 6.31. The Morgan fingerprint density at radius 1 is 1.17 bits per heavy atom. The number of halogens is 1. The van der Waals surface area contributed by atoms with Crippen molar-refractivity contribution in [1.29, 1.82) is 0 Å². The third kappa shape index (κ3) is 5.88. The molecule has 0 heterocycles. The summed E-state index contributed by atoms with van der Waals surface area (Å²) >= 11 is 6.24. The van der Waals surface area contributed by atoms with Crippen LogP contribution in [0.1, 0.15) is 39.2 Å². The van der Waals surface area contributed by atoms with E-state index in [9.17, 15) is 0 Å². The quantitative estimate of drug-likeness (QED) is 0.729. The molecule has 0 fully saturated rings. The molecule has 1 nitrogen and oxygen atoms in total. The lowest BCUT2D eigenvalue weighted by molar-refractivity contribution is 0.402. The van der Waals surface area contributed by atoms with Gasteiger partial charge in [-0.15, -0.1) is 0 Å². The fraction of sp³-hybridized carbons (Fsp3) is 0.625. The Morgan fingerprint density at radius 3 is 2.50 bits per heavy atom. The van der Waals surface area contributed by atoms with Crippen LogP contribution in [0.25, 0.3) is 0 Å². The van der Waals surface area contributed by atoms with Crippen molar-refractivity contribution in [2.24, 2.45) is 11.8 Å². The van der Waals surface area contributed by atoms with Gasteiger partial charge in [0.2, 0.25) is 0 Å². The maximum atomic E-state index is 6.24. The summed E-state index contributed by atoms with van der Waals surface area (Å²) in [5, 5.41) is 4.37. The van der Waals surface area contributed by atoms with Gasteiger partial charge >= 0.3 is 0 Å². The second kappa shape index (κ2) is 8.55. The van der Waals surface area contributed by atoms with Crippen molar-refractivity contribution in [3.05, 3.63) is 34.9 Å². The zero-order chi connectivity index (χ0) is 13.4. The summed E-state index contributed by atoms with van der Waals surface area (Å²) in [6.45, 7) is 8.88. The van der Waals surface area contributed by atoms with Gasteiger partial charge in [0, 0.05) is 5.02 Å². The van der Waals surface area contributed by atoms with Gasteiger partial charge in [0.1, 0.15) is 0 Å². The lowest BCUT2D eigenvalue weighted by atomic mass is 9.92. The SMILES string of the molecule is CCNCC(CCC(C)C)Cc1ccccc1Cl. The van der Waals surface area contributed by atoms with Crippen LogP contribution >= 0.6 is 11.6 Å². The Hall–Kier alpha value is -0.530. The van der Waals surface area contributed by atoms with Crippen molar-refractivity contribution in [2.75, 3.05) is 13.1 Å². The van der Waals surface area contributed by atoms with Crippen LogP contribution in [0.2, 0.25) is 5.02 Å². The van der Waals surface area contributed by atoms with Gasteiger partial charge in [0.25, 0.3) is 0 Å². The van der Waals surface area contributed by atoms with E-state index in [1.165, 1.54) is 18.4 Å². The molecule has 1 N–H and O–H groups in total. The minimum atomic E-state index is 0.687. The molecule has 1 atom stereocenters. The van der Waals surface area contributed by atoms with E-state index in [0.29, 0.717) is 5.92 Å². The molecule has 0 bridgehead atoms. The summed E-state index contributed by atoms with van der Waals surface area (Å²) in [5.74, 6) is 1.47. The van der Waals surface area contributed by atoms with Crippen LogP contribution < -0.4 is 5.32 Å². The highest BCUT2D eigenvalue weighted by atomic mass is 35.5. The molecule has 1 aromatic carbocycles. The highest BCUT2D eigenvalue weighted by Crippen LogP contribution is 2.22. The lowest BCUT2D eigenvalue weighted by Crippen LogP contribution is -2.24. The number of hydrogen-bond donors (Lipinski definition) is 1. The van der Waals surface area contributed by atoms with Crippen LogP contribution in [0, 0.1) is 11.8 Å². The third-order valence-electron chi connectivity index (χ3n) is 3.30. The van der Waals surface area contributed by atoms with Gasteiger partial charge in [-0.3, -0.25) is 0 Å². The molecule has 0 spiro atoms. The van der Waals surface area contributed by atoms with Crippen LogP contribution in [0.5, 0.6) is 0 Å². The van der Waals surface area contributed by atoms with Crippen molar-refractivity contribution in [2.45, 2.75) is 40.0 Å². The summed E-state index contributed by atoms with van der Waals surface area (Å²) in [7, 11) is 0. The monoisotopic (exact) mass is 267 g/mol. The summed E-state index contributed by atoms with van der Waals surface area (Å²) in [6.07, 6.45) is 3.65. The standard InChI is InChI=1S/C16H26ClN/c1-4-18-12-14(10-9-13(2)3)11-15-7-5-6-8-16(15)17/h5-8,13-14,18H,4,9-12H2,1-3H3. The van der Waals surface area contributed by atoms with Crippen molar-refractivity contribution < 1.29 is 0 Å². The molecule has 1 rings (SSSR count). The van der Waals surface area contributed by atoms with Gasteiger partial charge in [-0.25, -0.2) is 0 Å². The molecule has 0 saturated heterocycles. The van der Waals surface area contributed by atoms with Crippen LogP contribution in [0.3, 0.4) is 0 Å². The molecule has 1 unspecified atom stereocenters. The van der Waals surface area contributed by atoms with Crippen molar-refractivity contribution >= 4 is 11.6 Å². The molecule has 0 saturated carbocycles. The third-order valence-corrected chi connectivity index (χ3v) is 3.67. The van der Waals surface area contributed by atoms with Gasteiger partial charge < -0.3 is 5.32 Å². The molecular weight excluding hydrogens is 242 g/mol. The van der Waals surface area contributed by atoms with E-state index in [1.807, 2.05) is 12.1 Å². The molecule has 18 heavy (non-hydrogen) atoms. The summed E-state index contributed by atoms with van der Waals surface area (Å²) in [6, 6.07) is 8.22. The van der Waals surface area contributed by atoms with E-state index >= 15 is 0 Å². The molecular formula is C16H26ClN. The first-order valence-corrected chi connectivity index (χ1v) is 7.45. The first kappa shape index (κ1) is 15.5. The highest BCUT2D eigenvalue weighted by Gasteiger charge is 2.12. The van der Waals surface area contributed by atoms with Gasteiger partial charge in [-0.05, 0) is 49.4 Å². The van der Waals surface area contributed by atoms with E-state index in [-0.39, 0.29) is 0 Å². The molecule has 0 aromatic heterocycles. The van der Waals surface area contributed by atoms with Crippen LogP contribution in [-0.2, 0) is 6.42 Å². The van der Waals surface area contributed by atoms with Gasteiger partial charge in [-0.2, -0.15) is 0 Å². The van der Waals surface area contributed by atoms with E-state index in [4.69, 9.17) is 11.6 Å². The van der Waals surface area contributed by atoms with Crippen LogP contribution in [0.15, 0.2) is 24.3 Å². The average Bonchev–Trinajstić information content (AvgIpc) is 2.35. The summed E-state index contributed by atoms with van der Waals surface area (Å²) in [5.41, 5.74) is 1.28. The second-order valence-electron chi connectivity index (χ2n) is 5.44. The minimum absolute atomic E-state index is 0.687. The predicted molar refractivity (Wildman–Crippen MR) is 81.3 cm³/mol. The zero-order valence-electron chi connectivity index (χ0n) is 11.9. The Labute approximate surface area is 117 Å². The number of benzene rings is 1. The summed E-state index contributed by atoms with van der Waals surface area (Å²) in [4.78, 5) is 0. The van der Waals surface area contributed by atoms with Gasteiger partial charge in [0.15, 0.2) is 0 Å². The number of nitrogens with one attached hydrogen (secondary N) is 1. The van der Waals surface area contributed by atoms with E-state index in [1.54, 1.807) is 0 Å². The Kier molecular flexibility index (Phi) is 7.38. The lowest BCUT2D eigenvalue weighted by Gasteiger charge is -2.19. The minimum Gasteiger partial charge on any atom is -0.317 e. The molecule has 0 amide bonds. The fourth-order valence-electron chi connectivity index (χ4n) is 2.17. The largest absolute Gasteiger partial charge is 0.317 e. The molecule has 1 aromatic rings. The maximum Gasteiger partial charge on any atom is 0.0438 e. The Morgan fingerprint density at radius 2 is 1.89 bits per heavy atom. The average molecular weight is 268 g/mol. The summed E-state index contributed by atoms with van der Waals surface area (Å²) < 4.78 is 0. The Bertz CT molecular complexity index is 336. The topological polar surface area (TPSA) is 12.0 Å². The van der Waals surface area contributed by atoms with E-state index in [0.717, 1.165) is 30.5 Å². The number of rotatable bonds is 8. The van der Waals surface area contributed by atoms with E-state index in [2.05, 4.69) is 38.2 Å².